The Morgan fingerprint density at radius 2 is 1.83 bits per heavy atom. The molecule has 1 aromatic carbocycles. The first kappa shape index (κ1) is 17.3. The van der Waals surface area contributed by atoms with Gasteiger partial charge in [0, 0.05) is 37.8 Å². The summed E-state index contributed by atoms with van der Waals surface area (Å²) in [6.45, 7) is 2.65. The lowest BCUT2D eigenvalue weighted by Gasteiger charge is -2.35. The Morgan fingerprint density at radius 1 is 1.12 bits per heavy atom. The molecule has 3 amide bonds. The molecule has 2 aliphatic rings. The van der Waals surface area contributed by atoms with Crippen LogP contribution in [0.3, 0.4) is 0 Å². The van der Waals surface area contributed by atoms with E-state index in [2.05, 4.69) is 5.32 Å². The molecule has 0 spiro atoms. The minimum Gasteiger partial charge on any atom is -0.368 e. The molecular formula is C16H19Cl2N3O3. The molecule has 2 fully saturated rings. The van der Waals surface area contributed by atoms with Gasteiger partial charge in [-0.15, -0.1) is 0 Å². The van der Waals surface area contributed by atoms with Crippen LogP contribution < -0.4 is 5.32 Å². The Balaban J connectivity index is 1.52. The lowest BCUT2D eigenvalue weighted by molar-refractivity contribution is -0.142. The maximum absolute atomic E-state index is 12.3. The van der Waals surface area contributed by atoms with Crippen LogP contribution in [0.5, 0.6) is 0 Å². The minimum atomic E-state index is -0.307. The van der Waals surface area contributed by atoms with Gasteiger partial charge in [-0.2, -0.15) is 0 Å². The lowest BCUT2D eigenvalue weighted by Crippen LogP contribution is -2.53. The number of carbonyl (C=O) groups is 2. The second-order valence-electron chi connectivity index (χ2n) is 5.87. The van der Waals surface area contributed by atoms with Gasteiger partial charge in [-0.3, -0.25) is 4.79 Å². The van der Waals surface area contributed by atoms with Crippen LogP contribution in [0.15, 0.2) is 18.2 Å². The molecule has 8 heteroatoms. The molecule has 6 nitrogen and oxygen atoms in total. The summed E-state index contributed by atoms with van der Waals surface area (Å²) in [5, 5.41) is 3.68. The molecule has 1 atom stereocenters. The van der Waals surface area contributed by atoms with Gasteiger partial charge in [-0.1, -0.05) is 23.2 Å². The second kappa shape index (κ2) is 7.59. The quantitative estimate of drug-likeness (QED) is 0.869. The summed E-state index contributed by atoms with van der Waals surface area (Å²) in [5.74, 6) is 0.0355. The van der Waals surface area contributed by atoms with Crippen LogP contribution in [-0.4, -0.2) is 60.6 Å². The highest BCUT2D eigenvalue weighted by atomic mass is 35.5. The number of hydrogen-bond donors (Lipinski definition) is 1. The number of piperazine rings is 1. The number of amides is 3. The molecule has 3 rings (SSSR count). The fraction of sp³-hybridized carbons (Fsp3) is 0.500. The van der Waals surface area contributed by atoms with Crippen molar-refractivity contribution in [3.63, 3.8) is 0 Å². The number of nitrogens with one attached hydrogen (secondary N) is 1. The summed E-state index contributed by atoms with van der Waals surface area (Å²) in [4.78, 5) is 28.1. The zero-order valence-electron chi connectivity index (χ0n) is 13.1. The molecule has 0 aromatic heterocycles. The van der Waals surface area contributed by atoms with Gasteiger partial charge < -0.3 is 19.9 Å². The molecule has 0 bridgehead atoms. The number of hydrogen-bond acceptors (Lipinski definition) is 3. The van der Waals surface area contributed by atoms with Gasteiger partial charge in [0.2, 0.25) is 0 Å². The first-order valence-corrected chi connectivity index (χ1v) is 8.71. The van der Waals surface area contributed by atoms with E-state index >= 15 is 0 Å². The van der Waals surface area contributed by atoms with E-state index in [1.54, 1.807) is 28.0 Å². The van der Waals surface area contributed by atoms with Gasteiger partial charge in [-0.25, -0.2) is 4.79 Å². The molecule has 0 aliphatic carbocycles. The molecule has 1 N–H and O–H groups in total. The topological polar surface area (TPSA) is 61.9 Å². The smallest absolute Gasteiger partial charge is 0.322 e. The highest BCUT2D eigenvalue weighted by Gasteiger charge is 2.31. The average Bonchev–Trinajstić information content (AvgIpc) is 3.11. The summed E-state index contributed by atoms with van der Waals surface area (Å²) in [6.07, 6.45) is 1.41. The van der Waals surface area contributed by atoms with Crippen LogP contribution in [0, 0.1) is 0 Å². The number of halogens is 2. The van der Waals surface area contributed by atoms with Crippen LogP contribution in [0.4, 0.5) is 10.5 Å². The molecule has 1 unspecified atom stereocenters. The molecular weight excluding hydrogens is 353 g/mol. The van der Waals surface area contributed by atoms with Gasteiger partial charge in [0.15, 0.2) is 0 Å². The molecule has 130 valence electrons. The third kappa shape index (κ3) is 3.94. The van der Waals surface area contributed by atoms with Crippen LogP contribution in [0.25, 0.3) is 0 Å². The Labute approximate surface area is 150 Å². The third-order valence-corrected chi connectivity index (χ3v) is 4.80. The van der Waals surface area contributed by atoms with Gasteiger partial charge in [0.25, 0.3) is 5.91 Å². The number of benzene rings is 1. The number of nitrogens with zero attached hydrogens (tertiary/aromatic N) is 2. The molecule has 2 saturated heterocycles. The standard InChI is InChI=1S/C16H19Cl2N3O3/c17-11-3-4-13(12(18)10-11)19-16(23)21-7-5-20(6-8-21)15(22)14-2-1-9-24-14/h3-4,10,14H,1-2,5-9H2,(H,19,23). The number of rotatable bonds is 2. The van der Waals surface area contributed by atoms with Crippen molar-refractivity contribution >= 4 is 40.8 Å². The Bertz CT molecular complexity index is 627. The number of anilines is 1. The van der Waals surface area contributed by atoms with Crippen molar-refractivity contribution in [2.24, 2.45) is 0 Å². The van der Waals surface area contributed by atoms with E-state index in [0.717, 1.165) is 12.8 Å². The van der Waals surface area contributed by atoms with Crippen molar-refractivity contribution < 1.29 is 14.3 Å². The normalized spacial score (nSPS) is 21.0. The van der Waals surface area contributed by atoms with Crippen molar-refractivity contribution in [1.82, 2.24) is 9.80 Å². The fourth-order valence-corrected chi connectivity index (χ4v) is 3.35. The number of urea groups is 1. The van der Waals surface area contributed by atoms with Gasteiger partial charge in [-0.05, 0) is 31.0 Å². The van der Waals surface area contributed by atoms with Crippen molar-refractivity contribution in [3.05, 3.63) is 28.2 Å². The van der Waals surface area contributed by atoms with Gasteiger partial charge >= 0.3 is 6.03 Å². The number of carbonyl (C=O) groups excluding carboxylic acids is 2. The van der Waals surface area contributed by atoms with Crippen LogP contribution >= 0.6 is 23.2 Å². The van der Waals surface area contributed by atoms with Gasteiger partial charge in [0.05, 0.1) is 10.7 Å². The summed E-state index contributed by atoms with van der Waals surface area (Å²) in [7, 11) is 0. The van der Waals surface area contributed by atoms with E-state index < -0.39 is 0 Å². The minimum absolute atomic E-state index is 0.0355. The highest BCUT2D eigenvalue weighted by molar-refractivity contribution is 6.36. The van der Waals surface area contributed by atoms with E-state index in [-0.39, 0.29) is 18.0 Å². The highest BCUT2D eigenvalue weighted by Crippen LogP contribution is 2.25. The van der Waals surface area contributed by atoms with E-state index in [4.69, 9.17) is 27.9 Å². The Morgan fingerprint density at radius 3 is 2.46 bits per heavy atom. The van der Waals surface area contributed by atoms with E-state index in [1.807, 2.05) is 0 Å². The lowest BCUT2D eigenvalue weighted by atomic mass is 10.2. The summed E-state index contributed by atoms with van der Waals surface area (Å²) >= 11 is 11.9. The molecule has 2 heterocycles. The van der Waals surface area contributed by atoms with Gasteiger partial charge in [0.1, 0.15) is 6.10 Å². The van der Waals surface area contributed by atoms with E-state index in [1.165, 1.54) is 0 Å². The first-order chi connectivity index (χ1) is 11.5. The average molecular weight is 372 g/mol. The molecule has 0 radical (unpaired) electrons. The third-order valence-electron chi connectivity index (χ3n) is 4.26. The first-order valence-electron chi connectivity index (χ1n) is 7.96. The SMILES string of the molecule is O=C(Nc1ccc(Cl)cc1Cl)N1CCN(C(=O)C2CCCO2)CC1. The molecule has 2 aliphatic heterocycles. The largest absolute Gasteiger partial charge is 0.368 e. The molecule has 24 heavy (non-hydrogen) atoms. The predicted molar refractivity (Wildman–Crippen MR) is 92.6 cm³/mol. The van der Waals surface area contributed by atoms with Crippen LogP contribution in [0.2, 0.25) is 10.0 Å². The Kier molecular flexibility index (Phi) is 5.48. The Hall–Kier alpha value is -1.50. The van der Waals surface area contributed by atoms with Crippen molar-refractivity contribution in [2.45, 2.75) is 18.9 Å². The fourth-order valence-electron chi connectivity index (χ4n) is 2.89. The van der Waals surface area contributed by atoms with Crippen molar-refractivity contribution in [1.29, 1.82) is 0 Å². The van der Waals surface area contributed by atoms with E-state index in [9.17, 15) is 9.59 Å². The van der Waals surface area contributed by atoms with Crippen LogP contribution in [-0.2, 0) is 9.53 Å². The zero-order valence-corrected chi connectivity index (χ0v) is 14.6. The maximum Gasteiger partial charge on any atom is 0.322 e. The summed E-state index contributed by atoms with van der Waals surface area (Å²) < 4.78 is 5.43. The maximum atomic E-state index is 12.3. The van der Waals surface area contributed by atoms with Crippen molar-refractivity contribution in [2.75, 3.05) is 38.1 Å². The predicted octanol–water partition coefficient (Wildman–Crippen LogP) is 2.85. The van der Waals surface area contributed by atoms with E-state index in [0.29, 0.717) is 48.5 Å². The van der Waals surface area contributed by atoms with Crippen molar-refractivity contribution in [3.8, 4) is 0 Å². The summed E-state index contributed by atoms with van der Waals surface area (Å²) in [5.41, 5.74) is 0.518. The summed E-state index contributed by atoms with van der Waals surface area (Å²) in [6, 6.07) is 4.68. The number of ether oxygens (including phenoxy) is 1. The van der Waals surface area contributed by atoms with Crippen LogP contribution in [0.1, 0.15) is 12.8 Å². The second-order valence-corrected chi connectivity index (χ2v) is 6.71. The molecule has 1 aromatic rings. The zero-order chi connectivity index (χ0) is 17.1. The molecule has 0 saturated carbocycles. The monoisotopic (exact) mass is 371 g/mol.